The number of anilines is 1. The number of thiophene rings is 1. The predicted molar refractivity (Wildman–Crippen MR) is 107 cm³/mol. The van der Waals surface area contributed by atoms with Crippen molar-refractivity contribution in [2.75, 3.05) is 31.7 Å². The quantitative estimate of drug-likeness (QED) is 0.624. The van der Waals surface area contributed by atoms with Crippen LogP contribution in [0.1, 0.15) is 33.5 Å². The fourth-order valence-corrected chi connectivity index (χ4v) is 4.80. The Morgan fingerprint density at radius 2 is 2.14 bits per heavy atom. The smallest absolute Gasteiger partial charge is 0.348 e. The Morgan fingerprint density at radius 3 is 2.82 bits per heavy atom. The third kappa shape index (κ3) is 3.04. The zero-order valence-corrected chi connectivity index (χ0v) is 17.5. The van der Waals surface area contributed by atoms with E-state index in [1.807, 2.05) is 33.3 Å². The van der Waals surface area contributed by atoms with Crippen LogP contribution >= 0.6 is 11.3 Å². The number of hydrogen-bond donors (Lipinski definition) is 0. The first-order valence-electron chi connectivity index (χ1n) is 9.06. The van der Waals surface area contributed by atoms with Crippen molar-refractivity contribution in [3.8, 4) is 0 Å². The minimum Gasteiger partial charge on any atom is -0.465 e. The van der Waals surface area contributed by atoms with E-state index in [9.17, 15) is 4.79 Å². The van der Waals surface area contributed by atoms with Crippen LogP contribution in [0.4, 0.5) is 5.82 Å². The number of hydrogen-bond acceptors (Lipinski definition) is 8. The number of rotatable bonds is 3. The molecule has 1 unspecified atom stereocenters. The van der Waals surface area contributed by atoms with Gasteiger partial charge in [-0.3, -0.25) is 4.68 Å². The summed E-state index contributed by atoms with van der Waals surface area (Å²) in [5.74, 6) is 1.17. The van der Waals surface area contributed by atoms with Gasteiger partial charge in [0.05, 0.1) is 31.8 Å². The summed E-state index contributed by atoms with van der Waals surface area (Å²) >= 11 is 1.35. The van der Waals surface area contributed by atoms with E-state index < -0.39 is 5.60 Å². The monoisotopic (exact) mass is 401 g/mol. The molecule has 1 aliphatic heterocycles. The molecule has 1 atom stereocenters. The number of nitrogens with zero attached hydrogens (tertiary/aromatic N) is 5. The van der Waals surface area contributed by atoms with Gasteiger partial charge in [0.2, 0.25) is 0 Å². The SMILES string of the molecule is COC(=O)c1sc2nc(C)nc(N3CCOC(C)(c4cnn(C)c4)C3)c2c1C. The molecule has 0 N–H and O–H groups in total. The third-order valence-electron chi connectivity index (χ3n) is 5.14. The Labute approximate surface area is 167 Å². The summed E-state index contributed by atoms with van der Waals surface area (Å²) in [5.41, 5.74) is 1.39. The number of morpholine rings is 1. The van der Waals surface area contributed by atoms with Gasteiger partial charge in [0.15, 0.2) is 0 Å². The molecule has 0 saturated carbocycles. The highest BCUT2D eigenvalue weighted by molar-refractivity contribution is 7.20. The Balaban J connectivity index is 1.80. The van der Waals surface area contributed by atoms with Gasteiger partial charge in [-0.15, -0.1) is 11.3 Å². The van der Waals surface area contributed by atoms with Crippen molar-refractivity contribution in [3.63, 3.8) is 0 Å². The molecule has 0 spiro atoms. The summed E-state index contributed by atoms with van der Waals surface area (Å²) < 4.78 is 12.9. The van der Waals surface area contributed by atoms with Gasteiger partial charge in [0, 0.05) is 25.4 Å². The van der Waals surface area contributed by atoms with Crippen LogP contribution < -0.4 is 4.90 Å². The molecule has 4 rings (SSSR count). The number of esters is 1. The molecule has 8 nitrogen and oxygen atoms in total. The highest BCUT2D eigenvalue weighted by Crippen LogP contribution is 2.38. The number of fused-ring (bicyclic) bond motifs is 1. The van der Waals surface area contributed by atoms with E-state index >= 15 is 0 Å². The Hall–Kier alpha value is -2.52. The summed E-state index contributed by atoms with van der Waals surface area (Å²) in [4.78, 5) is 25.0. The van der Waals surface area contributed by atoms with Gasteiger partial charge in [0.25, 0.3) is 0 Å². The second kappa shape index (κ2) is 6.82. The van der Waals surface area contributed by atoms with Gasteiger partial charge in [-0.1, -0.05) is 0 Å². The normalized spacial score (nSPS) is 20.0. The number of aryl methyl sites for hydroxylation is 3. The molecule has 4 heterocycles. The lowest BCUT2D eigenvalue weighted by Gasteiger charge is -2.41. The lowest BCUT2D eigenvalue weighted by molar-refractivity contribution is -0.0467. The molecule has 1 saturated heterocycles. The molecular formula is C19H23N5O3S. The average molecular weight is 401 g/mol. The minimum atomic E-state index is -0.493. The van der Waals surface area contributed by atoms with Crippen LogP contribution in [-0.2, 0) is 22.1 Å². The molecule has 9 heteroatoms. The molecule has 3 aromatic heterocycles. The molecule has 0 amide bonds. The van der Waals surface area contributed by atoms with Crippen LogP contribution in [0, 0.1) is 13.8 Å². The summed E-state index contributed by atoms with van der Waals surface area (Å²) in [6.45, 7) is 7.78. The topological polar surface area (TPSA) is 82.4 Å². The summed E-state index contributed by atoms with van der Waals surface area (Å²) in [5, 5.41) is 5.20. The minimum absolute atomic E-state index is 0.341. The van der Waals surface area contributed by atoms with E-state index in [1.165, 1.54) is 18.4 Å². The maximum absolute atomic E-state index is 12.2. The number of methoxy groups -OCH3 is 1. The largest absolute Gasteiger partial charge is 0.465 e. The van der Waals surface area contributed by atoms with Gasteiger partial charge >= 0.3 is 5.97 Å². The van der Waals surface area contributed by atoms with Crippen molar-refractivity contribution in [2.24, 2.45) is 7.05 Å². The number of carbonyl (C=O) groups excluding carboxylic acids is 1. The predicted octanol–water partition coefficient (Wildman–Crippen LogP) is 2.58. The first-order valence-corrected chi connectivity index (χ1v) is 9.88. The lowest BCUT2D eigenvalue weighted by Crippen LogP contribution is -2.48. The standard InChI is InChI=1S/C19H23N5O3S/c1-11-14-16(21-12(2)22-17(14)28-15(11)18(25)26-5)24-6-7-27-19(3,10-24)13-8-20-23(4)9-13/h8-9H,6-7,10H2,1-5H3. The Kier molecular flexibility index (Phi) is 4.59. The van der Waals surface area contributed by atoms with E-state index in [-0.39, 0.29) is 5.97 Å². The maximum Gasteiger partial charge on any atom is 0.348 e. The average Bonchev–Trinajstić information content (AvgIpc) is 3.24. The molecule has 1 fully saturated rings. The van der Waals surface area contributed by atoms with Crippen molar-refractivity contribution in [1.29, 1.82) is 0 Å². The van der Waals surface area contributed by atoms with E-state index in [2.05, 4.69) is 21.9 Å². The van der Waals surface area contributed by atoms with Crippen molar-refractivity contribution in [3.05, 3.63) is 34.2 Å². The van der Waals surface area contributed by atoms with Crippen molar-refractivity contribution in [1.82, 2.24) is 19.7 Å². The maximum atomic E-state index is 12.2. The van der Waals surface area contributed by atoms with Crippen molar-refractivity contribution >= 4 is 33.3 Å². The second-order valence-corrected chi connectivity index (χ2v) is 8.22. The van der Waals surface area contributed by atoms with Gasteiger partial charge < -0.3 is 14.4 Å². The van der Waals surface area contributed by atoms with E-state index in [0.717, 1.165) is 27.2 Å². The number of ether oxygens (including phenoxy) is 2. The van der Waals surface area contributed by atoms with Crippen LogP contribution in [0.15, 0.2) is 12.4 Å². The summed E-state index contributed by atoms with van der Waals surface area (Å²) in [6, 6.07) is 0. The molecular weight excluding hydrogens is 378 g/mol. The van der Waals surface area contributed by atoms with E-state index in [0.29, 0.717) is 30.4 Å². The highest BCUT2D eigenvalue weighted by atomic mass is 32.1. The molecule has 148 valence electrons. The first-order chi connectivity index (χ1) is 13.3. The van der Waals surface area contributed by atoms with Gasteiger partial charge in [-0.25, -0.2) is 14.8 Å². The summed E-state index contributed by atoms with van der Waals surface area (Å²) in [7, 11) is 3.29. The number of carbonyl (C=O) groups is 1. The van der Waals surface area contributed by atoms with Crippen LogP contribution in [0.3, 0.4) is 0 Å². The van der Waals surface area contributed by atoms with Gasteiger partial charge in [-0.2, -0.15) is 5.10 Å². The molecule has 0 aromatic carbocycles. The third-order valence-corrected chi connectivity index (χ3v) is 6.31. The summed E-state index contributed by atoms with van der Waals surface area (Å²) in [6.07, 6.45) is 3.82. The zero-order chi connectivity index (χ0) is 20.1. The van der Waals surface area contributed by atoms with E-state index in [1.54, 1.807) is 4.68 Å². The van der Waals surface area contributed by atoms with Crippen LogP contribution in [0.2, 0.25) is 0 Å². The van der Waals surface area contributed by atoms with Gasteiger partial charge in [0.1, 0.15) is 27.0 Å². The zero-order valence-electron chi connectivity index (χ0n) is 16.6. The van der Waals surface area contributed by atoms with Gasteiger partial charge in [-0.05, 0) is 26.3 Å². The Morgan fingerprint density at radius 1 is 1.36 bits per heavy atom. The van der Waals surface area contributed by atoms with E-state index in [4.69, 9.17) is 14.5 Å². The fourth-order valence-electron chi connectivity index (χ4n) is 3.66. The lowest BCUT2D eigenvalue weighted by atomic mass is 9.96. The van der Waals surface area contributed by atoms with Crippen molar-refractivity contribution in [2.45, 2.75) is 26.4 Å². The molecule has 0 bridgehead atoms. The van der Waals surface area contributed by atoms with Crippen LogP contribution in [-0.4, -0.2) is 52.5 Å². The fraction of sp³-hybridized carbons (Fsp3) is 0.474. The molecule has 28 heavy (non-hydrogen) atoms. The second-order valence-electron chi connectivity index (χ2n) is 7.23. The molecule has 3 aromatic rings. The Bertz CT molecular complexity index is 1060. The first kappa shape index (κ1) is 18.8. The molecule has 0 aliphatic carbocycles. The highest BCUT2D eigenvalue weighted by Gasteiger charge is 2.36. The van der Waals surface area contributed by atoms with Crippen molar-refractivity contribution < 1.29 is 14.3 Å². The van der Waals surface area contributed by atoms with Crippen LogP contribution in [0.25, 0.3) is 10.2 Å². The number of aromatic nitrogens is 4. The molecule has 0 radical (unpaired) electrons. The molecule has 1 aliphatic rings. The van der Waals surface area contributed by atoms with Crippen LogP contribution in [0.5, 0.6) is 0 Å².